The molecule has 0 bridgehead atoms. The molecular weight excluding hydrogens is 667 g/mol. The van der Waals surface area contributed by atoms with Crippen molar-refractivity contribution in [1.82, 2.24) is 0 Å². The number of furan rings is 1. The molecule has 2 aliphatic rings. The van der Waals surface area contributed by atoms with Crippen LogP contribution < -0.4 is 4.90 Å². The molecule has 2 aliphatic carbocycles. The van der Waals surface area contributed by atoms with Crippen molar-refractivity contribution in [2.24, 2.45) is 0 Å². The number of hydrogen-bond acceptors (Lipinski definition) is 2. The van der Waals surface area contributed by atoms with Crippen LogP contribution in [0.3, 0.4) is 0 Å². The van der Waals surface area contributed by atoms with Crippen molar-refractivity contribution in [3.63, 3.8) is 0 Å². The first-order valence-corrected chi connectivity index (χ1v) is 19.7. The highest BCUT2D eigenvalue weighted by Crippen LogP contribution is 2.58. The molecule has 11 rings (SSSR count). The van der Waals surface area contributed by atoms with Gasteiger partial charge in [-0.25, -0.2) is 0 Å². The molecule has 1 heterocycles. The number of fused-ring (bicyclic) bond motifs is 13. The largest absolute Gasteiger partial charge is 0.454 e. The Balaban J connectivity index is 1.08. The molecule has 0 saturated carbocycles. The standard InChI is InChI=1S/C53H43NO/c1-31(2)32-18-22-35(23-19-32)54(47-16-11-15-42-39-14-9-10-17-48(39)55-51(42)47)36-24-27-38-34(28-36)21-26-41-44-30-45-43(29-46(44)53(5,6)50(38)41)40-25-20-33-12-7-8-13-37(33)49(40)52(45,3)4/h7-31H,1-6H3. The summed E-state index contributed by atoms with van der Waals surface area (Å²) in [7, 11) is 0. The second-order valence-electron chi connectivity index (χ2n) is 17.1. The van der Waals surface area contributed by atoms with Crippen LogP contribution in [0.15, 0.2) is 150 Å². The quantitative estimate of drug-likeness (QED) is 0.181. The minimum atomic E-state index is -0.170. The smallest absolute Gasteiger partial charge is 0.159 e. The molecule has 0 unspecified atom stereocenters. The van der Waals surface area contributed by atoms with Gasteiger partial charge in [0.2, 0.25) is 0 Å². The van der Waals surface area contributed by atoms with E-state index in [1.54, 1.807) is 0 Å². The van der Waals surface area contributed by atoms with Gasteiger partial charge in [-0.05, 0) is 126 Å². The van der Waals surface area contributed by atoms with Crippen molar-refractivity contribution in [3.8, 4) is 22.3 Å². The van der Waals surface area contributed by atoms with E-state index < -0.39 is 0 Å². The summed E-state index contributed by atoms with van der Waals surface area (Å²) in [6, 6.07) is 54.3. The molecule has 0 atom stereocenters. The molecule has 2 nitrogen and oxygen atoms in total. The van der Waals surface area contributed by atoms with Crippen LogP contribution in [0.2, 0.25) is 0 Å². The molecule has 0 fully saturated rings. The van der Waals surface area contributed by atoms with Crippen molar-refractivity contribution in [2.75, 3.05) is 4.90 Å². The van der Waals surface area contributed by atoms with E-state index in [9.17, 15) is 0 Å². The summed E-state index contributed by atoms with van der Waals surface area (Å²) in [5, 5.41) is 7.49. The first-order chi connectivity index (χ1) is 26.6. The summed E-state index contributed by atoms with van der Waals surface area (Å²) >= 11 is 0. The van der Waals surface area contributed by atoms with Crippen LogP contribution in [0, 0.1) is 0 Å². The van der Waals surface area contributed by atoms with Gasteiger partial charge in [0.15, 0.2) is 5.58 Å². The van der Waals surface area contributed by atoms with E-state index >= 15 is 0 Å². The highest BCUT2D eigenvalue weighted by Gasteiger charge is 2.43. The number of benzene rings is 8. The molecule has 0 aliphatic heterocycles. The topological polar surface area (TPSA) is 16.4 Å². The summed E-state index contributed by atoms with van der Waals surface area (Å²) in [4.78, 5) is 2.37. The predicted octanol–water partition coefficient (Wildman–Crippen LogP) is 15.1. The lowest BCUT2D eigenvalue weighted by molar-refractivity contribution is 0.657. The minimum Gasteiger partial charge on any atom is -0.454 e. The van der Waals surface area contributed by atoms with Crippen molar-refractivity contribution in [2.45, 2.75) is 58.3 Å². The maximum absolute atomic E-state index is 6.63. The fourth-order valence-corrected chi connectivity index (χ4v) is 10.2. The summed E-state index contributed by atoms with van der Waals surface area (Å²) in [6.07, 6.45) is 0. The van der Waals surface area contributed by atoms with Crippen LogP contribution in [-0.4, -0.2) is 0 Å². The fraction of sp³-hybridized carbons (Fsp3) is 0.170. The predicted molar refractivity (Wildman–Crippen MR) is 233 cm³/mol. The molecule has 0 N–H and O–H groups in total. The second-order valence-corrected chi connectivity index (χ2v) is 17.1. The van der Waals surface area contributed by atoms with Crippen LogP contribution in [0.1, 0.15) is 75.3 Å². The van der Waals surface area contributed by atoms with Gasteiger partial charge in [-0.3, -0.25) is 0 Å². The Bertz CT molecular complexity index is 3060. The number of anilines is 3. The van der Waals surface area contributed by atoms with Crippen LogP contribution in [-0.2, 0) is 10.8 Å². The third-order valence-electron chi connectivity index (χ3n) is 13.0. The van der Waals surface area contributed by atoms with E-state index in [1.165, 1.54) is 71.6 Å². The molecule has 2 heteroatoms. The molecule has 0 saturated heterocycles. The Hall–Kier alpha value is -6.12. The lowest BCUT2D eigenvalue weighted by atomic mass is 9.78. The first-order valence-electron chi connectivity index (χ1n) is 19.7. The van der Waals surface area contributed by atoms with Crippen LogP contribution >= 0.6 is 0 Å². The lowest BCUT2D eigenvalue weighted by Gasteiger charge is -2.27. The zero-order valence-electron chi connectivity index (χ0n) is 32.3. The van der Waals surface area contributed by atoms with Crippen molar-refractivity contribution in [3.05, 3.63) is 173 Å². The Morgan fingerprint density at radius 1 is 0.473 bits per heavy atom. The number of rotatable bonds is 4. The third-order valence-corrected chi connectivity index (χ3v) is 13.0. The lowest BCUT2D eigenvalue weighted by Crippen LogP contribution is -2.17. The average Bonchev–Trinajstić information content (AvgIpc) is 3.77. The van der Waals surface area contributed by atoms with Gasteiger partial charge in [-0.2, -0.15) is 0 Å². The second kappa shape index (κ2) is 11.2. The SMILES string of the molecule is CC(C)c1ccc(N(c2ccc3c4c(ccc3c2)-c2cc3c(cc2C4(C)C)-c2ccc4ccccc4c2C3(C)C)c2cccc3c2oc2ccccc23)cc1. The number of nitrogens with zero attached hydrogens (tertiary/aromatic N) is 1. The number of para-hydroxylation sites is 2. The van der Waals surface area contributed by atoms with Gasteiger partial charge in [0.05, 0.1) is 5.69 Å². The molecule has 9 aromatic rings. The van der Waals surface area contributed by atoms with E-state index in [-0.39, 0.29) is 10.8 Å². The van der Waals surface area contributed by atoms with E-state index in [2.05, 4.69) is 186 Å². The summed E-state index contributed by atoms with van der Waals surface area (Å²) in [5.74, 6) is 0.457. The van der Waals surface area contributed by atoms with Crippen molar-refractivity contribution >= 4 is 60.5 Å². The molecular formula is C53H43NO. The molecule has 0 amide bonds. The van der Waals surface area contributed by atoms with Gasteiger partial charge in [-0.1, -0.05) is 139 Å². The molecule has 0 spiro atoms. The maximum Gasteiger partial charge on any atom is 0.159 e. The minimum absolute atomic E-state index is 0.0985. The van der Waals surface area contributed by atoms with Gasteiger partial charge in [-0.15, -0.1) is 0 Å². The van der Waals surface area contributed by atoms with E-state index in [0.717, 1.165) is 39.0 Å². The Morgan fingerprint density at radius 2 is 1.05 bits per heavy atom. The number of hydrogen-bond donors (Lipinski definition) is 0. The summed E-state index contributed by atoms with van der Waals surface area (Å²) in [5.41, 5.74) is 17.3. The first kappa shape index (κ1) is 32.3. The van der Waals surface area contributed by atoms with E-state index in [4.69, 9.17) is 4.42 Å². The Kier molecular flexibility index (Phi) is 6.59. The average molecular weight is 710 g/mol. The van der Waals surface area contributed by atoms with Crippen molar-refractivity contribution in [1.29, 1.82) is 0 Å². The third kappa shape index (κ3) is 4.43. The van der Waals surface area contributed by atoms with Gasteiger partial charge < -0.3 is 9.32 Å². The molecule has 1 aromatic heterocycles. The molecule has 55 heavy (non-hydrogen) atoms. The van der Waals surface area contributed by atoms with E-state index in [0.29, 0.717) is 5.92 Å². The fourth-order valence-electron chi connectivity index (χ4n) is 10.2. The van der Waals surface area contributed by atoms with Gasteiger partial charge in [0, 0.05) is 33.0 Å². The Morgan fingerprint density at radius 3 is 1.75 bits per heavy atom. The zero-order valence-corrected chi connectivity index (χ0v) is 32.3. The van der Waals surface area contributed by atoms with Gasteiger partial charge in [0.25, 0.3) is 0 Å². The van der Waals surface area contributed by atoms with E-state index in [1.807, 2.05) is 6.07 Å². The molecule has 266 valence electrons. The molecule has 8 aromatic carbocycles. The van der Waals surface area contributed by atoms with Gasteiger partial charge in [0.1, 0.15) is 5.58 Å². The zero-order chi connectivity index (χ0) is 37.4. The normalized spacial score (nSPS) is 14.8. The monoisotopic (exact) mass is 709 g/mol. The maximum atomic E-state index is 6.63. The molecule has 0 radical (unpaired) electrons. The van der Waals surface area contributed by atoms with Crippen LogP contribution in [0.25, 0.3) is 65.7 Å². The Labute approximate surface area is 322 Å². The van der Waals surface area contributed by atoms with Crippen LogP contribution in [0.5, 0.6) is 0 Å². The highest BCUT2D eigenvalue weighted by atomic mass is 16.3. The van der Waals surface area contributed by atoms with Gasteiger partial charge >= 0.3 is 0 Å². The van der Waals surface area contributed by atoms with Crippen molar-refractivity contribution < 1.29 is 4.42 Å². The van der Waals surface area contributed by atoms with Crippen LogP contribution in [0.4, 0.5) is 17.1 Å². The summed E-state index contributed by atoms with van der Waals surface area (Å²) < 4.78 is 6.63. The summed E-state index contributed by atoms with van der Waals surface area (Å²) in [6.45, 7) is 14.2. The highest BCUT2D eigenvalue weighted by molar-refractivity contribution is 6.11.